The van der Waals surface area contributed by atoms with Crippen LogP contribution in [0.3, 0.4) is 0 Å². The number of benzene rings is 1. The second-order valence-corrected chi connectivity index (χ2v) is 10.8. The number of fused-ring (bicyclic) bond motifs is 1. The van der Waals surface area contributed by atoms with Gasteiger partial charge in [-0.3, -0.25) is 4.79 Å². The molecule has 0 amide bonds. The van der Waals surface area contributed by atoms with E-state index in [-0.39, 0.29) is 17.1 Å². The second-order valence-electron chi connectivity index (χ2n) is 9.88. The highest BCUT2D eigenvalue weighted by atomic mass is 32.2. The van der Waals surface area contributed by atoms with E-state index in [9.17, 15) is 4.79 Å². The van der Waals surface area contributed by atoms with E-state index in [2.05, 4.69) is 54.6 Å². The number of anilines is 3. The number of aromatic nitrogens is 2. The zero-order valence-corrected chi connectivity index (χ0v) is 19.9. The Labute approximate surface area is 194 Å². The van der Waals surface area contributed by atoms with E-state index in [1.165, 1.54) is 11.3 Å². The van der Waals surface area contributed by atoms with Gasteiger partial charge in [0.1, 0.15) is 11.6 Å². The van der Waals surface area contributed by atoms with Gasteiger partial charge in [0, 0.05) is 47.2 Å². The first-order valence-electron chi connectivity index (χ1n) is 11.5. The number of thioether (sulfide) groups is 1. The van der Waals surface area contributed by atoms with Crippen LogP contribution in [-0.2, 0) is 4.79 Å². The number of Topliss-reactive ketones (excluding diaryl/α,β-unsaturated/α-hetero) is 1. The van der Waals surface area contributed by atoms with E-state index < -0.39 is 0 Å². The summed E-state index contributed by atoms with van der Waals surface area (Å²) in [6.07, 6.45) is 6.96. The van der Waals surface area contributed by atoms with Gasteiger partial charge in [0.05, 0.1) is 0 Å². The quantitative estimate of drug-likeness (QED) is 0.640. The van der Waals surface area contributed by atoms with Crippen LogP contribution >= 0.6 is 11.8 Å². The molecule has 3 heterocycles. The van der Waals surface area contributed by atoms with Gasteiger partial charge >= 0.3 is 0 Å². The van der Waals surface area contributed by atoms with Gasteiger partial charge in [-0.15, -0.1) is 11.8 Å². The molecular weight excluding hydrogens is 418 g/mol. The third-order valence-electron chi connectivity index (χ3n) is 6.82. The van der Waals surface area contributed by atoms with Crippen molar-refractivity contribution in [3.8, 4) is 0 Å². The molecule has 168 valence electrons. The molecule has 1 atom stereocenters. The molecule has 6 nitrogen and oxygen atoms in total. The largest absolute Gasteiger partial charge is 0.383 e. The van der Waals surface area contributed by atoms with Crippen molar-refractivity contribution in [3.05, 3.63) is 46.7 Å². The number of carbonyl (C=O) groups is 1. The molecule has 0 spiro atoms. The van der Waals surface area contributed by atoms with Gasteiger partial charge in [-0.1, -0.05) is 26.0 Å². The Kier molecular flexibility index (Phi) is 5.40. The van der Waals surface area contributed by atoms with Gasteiger partial charge < -0.3 is 16.0 Å². The molecule has 3 N–H and O–H groups in total. The Morgan fingerprint density at radius 3 is 2.50 bits per heavy atom. The number of rotatable bonds is 3. The molecule has 32 heavy (non-hydrogen) atoms. The predicted octanol–water partition coefficient (Wildman–Crippen LogP) is 4.97. The maximum Gasteiger partial charge on any atom is 0.229 e. The van der Waals surface area contributed by atoms with E-state index >= 15 is 0 Å². The summed E-state index contributed by atoms with van der Waals surface area (Å²) in [7, 11) is 0. The second kappa shape index (κ2) is 8.10. The molecule has 3 aliphatic rings. The molecule has 1 aromatic carbocycles. The Hall–Kier alpha value is -2.54. The topological polar surface area (TPSA) is 84.1 Å². The number of hydrogen-bond donors (Lipinski definition) is 2. The molecular formula is C25H31N5OS. The van der Waals surface area contributed by atoms with Crippen LogP contribution in [0.5, 0.6) is 0 Å². The maximum absolute atomic E-state index is 13.4. The summed E-state index contributed by atoms with van der Waals surface area (Å²) >= 11 is 1.71. The Morgan fingerprint density at radius 1 is 1.09 bits per heavy atom. The van der Waals surface area contributed by atoms with Crippen molar-refractivity contribution in [1.29, 1.82) is 0 Å². The van der Waals surface area contributed by atoms with Crippen molar-refractivity contribution < 1.29 is 4.79 Å². The first-order chi connectivity index (χ1) is 15.4. The molecule has 2 aliphatic heterocycles. The van der Waals surface area contributed by atoms with Gasteiger partial charge in [-0.2, -0.15) is 9.97 Å². The van der Waals surface area contributed by atoms with E-state index in [0.29, 0.717) is 18.2 Å². The molecule has 7 heteroatoms. The zero-order chi connectivity index (χ0) is 22.5. The van der Waals surface area contributed by atoms with Crippen LogP contribution in [0, 0.1) is 5.41 Å². The lowest BCUT2D eigenvalue weighted by atomic mass is 9.69. The van der Waals surface area contributed by atoms with Crippen LogP contribution in [0.2, 0.25) is 0 Å². The van der Waals surface area contributed by atoms with E-state index in [4.69, 9.17) is 15.7 Å². The maximum atomic E-state index is 13.4. The first kappa shape index (κ1) is 21.3. The SMILES string of the molecule is CSc1ccc(C2C3=C(CC(C)(C)CC3=O)Nc3nc(N4CCCCC4)nc(N)c32)cc1. The third kappa shape index (κ3) is 3.76. The van der Waals surface area contributed by atoms with Crippen molar-refractivity contribution in [3.63, 3.8) is 0 Å². The van der Waals surface area contributed by atoms with Crippen LogP contribution in [0.1, 0.15) is 63.0 Å². The van der Waals surface area contributed by atoms with Crippen molar-refractivity contribution in [2.24, 2.45) is 5.41 Å². The van der Waals surface area contributed by atoms with E-state index in [1.54, 1.807) is 11.8 Å². The average molecular weight is 450 g/mol. The Balaban J connectivity index is 1.66. The highest BCUT2D eigenvalue weighted by Crippen LogP contribution is 2.50. The summed E-state index contributed by atoms with van der Waals surface area (Å²) in [4.78, 5) is 26.5. The fourth-order valence-electron chi connectivity index (χ4n) is 5.29. The molecule has 0 radical (unpaired) electrons. The van der Waals surface area contributed by atoms with Gasteiger partial charge in [-0.05, 0) is 55.1 Å². The fourth-order valence-corrected chi connectivity index (χ4v) is 5.70. The highest BCUT2D eigenvalue weighted by molar-refractivity contribution is 7.98. The lowest BCUT2D eigenvalue weighted by Crippen LogP contribution is -2.36. The molecule has 1 aliphatic carbocycles. The molecule has 0 bridgehead atoms. The predicted molar refractivity (Wildman–Crippen MR) is 131 cm³/mol. The molecule has 1 saturated heterocycles. The van der Waals surface area contributed by atoms with Crippen LogP contribution in [0.15, 0.2) is 40.4 Å². The number of nitrogen functional groups attached to an aromatic ring is 1. The molecule has 1 unspecified atom stereocenters. The fraction of sp³-hybridized carbons (Fsp3) is 0.480. The van der Waals surface area contributed by atoms with Crippen LogP contribution in [0.25, 0.3) is 0 Å². The number of carbonyl (C=O) groups excluding carboxylic acids is 1. The Bertz CT molecular complexity index is 1090. The molecule has 5 rings (SSSR count). The third-order valence-corrected chi connectivity index (χ3v) is 7.56. The highest BCUT2D eigenvalue weighted by Gasteiger charge is 2.42. The number of nitrogens with two attached hydrogens (primary N) is 1. The first-order valence-corrected chi connectivity index (χ1v) is 12.7. The lowest BCUT2D eigenvalue weighted by molar-refractivity contribution is -0.118. The van der Waals surface area contributed by atoms with Crippen LogP contribution in [0.4, 0.5) is 17.6 Å². The van der Waals surface area contributed by atoms with E-state index in [0.717, 1.165) is 60.6 Å². The van der Waals surface area contributed by atoms with Gasteiger partial charge in [0.25, 0.3) is 0 Å². The van der Waals surface area contributed by atoms with Crippen molar-refractivity contribution in [2.45, 2.75) is 56.8 Å². The molecule has 2 aromatic rings. The van der Waals surface area contributed by atoms with Crippen LogP contribution in [-0.4, -0.2) is 35.1 Å². The summed E-state index contributed by atoms with van der Waals surface area (Å²) in [5.74, 6) is 1.85. The summed E-state index contributed by atoms with van der Waals surface area (Å²) < 4.78 is 0. The lowest BCUT2D eigenvalue weighted by Gasteiger charge is -2.39. The monoisotopic (exact) mass is 449 g/mol. The average Bonchev–Trinajstić information content (AvgIpc) is 2.77. The summed E-state index contributed by atoms with van der Waals surface area (Å²) in [5, 5.41) is 3.52. The molecule has 1 aromatic heterocycles. The number of piperidine rings is 1. The minimum absolute atomic E-state index is 0.0814. The summed E-state index contributed by atoms with van der Waals surface area (Å²) in [6.45, 7) is 6.22. The van der Waals surface area contributed by atoms with Crippen molar-refractivity contribution >= 4 is 35.1 Å². The minimum Gasteiger partial charge on any atom is -0.383 e. The summed E-state index contributed by atoms with van der Waals surface area (Å²) in [6, 6.07) is 8.44. The van der Waals surface area contributed by atoms with Crippen LogP contribution < -0.4 is 16.0 Å². The van der Waals surface area contributed by atoms with Crippen molar-refractivity contribution in [1.82, 2.24) is 9.97 Å². The normalized spacial score (nSPS) is 22.3. The summed E-state index contributed by atoms with van der Waals surface area (Å²) in [5.41, 5.74) is 10.2. The Morgan fingerprint density at radius 2 is 1.81 bits per heavy atom. The van der Waals surface area contributed by atoms with Gasteiger partial charge in [-0.25, -0.2) is 0 Å². The number of nitrogens with one attached hydrogen (secondary N) is 1. The minimum atomic E-state index is -0.240. The van der Waals surface area contributed by atoms with Crippen molar-refractivity contribution in [2.75, 3.05) is 35.3 Å². The van der Waals surface area contributed by atoms with E-state index in [1.807, 2.05) is 0 Å². The number of nitrogens with zero attached hydrogens (tertiary/aromatic N) is 3. The van der Waals surface area contributed by atoms with Gasteiger partial charge in [0.2, 0.25) is 5.95 Å². The number of hydrogen-bond acceptors (Lipinski definition) is 7. The number of allylic oxidation sites excluding steroid dienone is 2. The smallest absolute Gasteiger partial charge is 0.229 e. The van der Waals surface area contributed by atoms with Gasteiger partial charge in [0.15, 0.2) is 5.78 Å². The standard InChI is InChI=1S/C25H31N5OS/c1-25(2)13-17-20(18(31)14-25)19(15-7-9-16(32-3)10-8-15)21-22(26)28-24(29-23(21)27-17)30-11-5-4-6-12-30/h7-10,19H,4-6,11-14H2,1-3H3,(H3,26,27,28,29). The number of ketones is 1. The molecule has 1 fully saturated rings. The molecule has 0 saturated carbocycles. The zero-order valence-electron chi connectivity index (χ0n) is 19.1.